The number of alkyl halides is 3. The van der Waals surface area contributed by atoms with Crippen LogP contribution in [-0.2, 0) is 6.18 Å². The third-order valence-corrected chi connectivity index (χ3v) is 4.25. The summed E-state index contributed by atoms with van der Waals surface area (Å²) in [4.78, 5) is 32.9. The molecule has 0 atom stereocenters. The maximum Gasteiger partial charge on any atom is 0.416 e. The molecule has 1 aromatic carbocycles. The molecule has 128 valence electrons. The Kier molecular flexibility index (Phi) is 4.34. The number of nitrogens with one attached hydrogen (secondary N) is 1. The topological polar surface area (TPSA) is 72.0 Å². The van der Waals surface area contributed by atoms with Crippen molar-refractivity contribution in [3.8, 4) is 0 Å². The number of thioether (sulfide) groups is 1. The van der Waals surface area contributed by atoms with Crippen molar-refractivity contribution in [2.75, 3.05) is 11.6 Å². The van der Waals surface area contributed by atoms with E-state index in [9.17, 15) is 22.8 Å². The molecule has 3 rings (SSSR count). The lowest BCUT2D eigenvalue weighted by molar-refractivity contribution is -0.137. The van der Waals surface area contributed by atoms with Crippen molar-refractivity contribution >= 4 is 29.0 Å². The van der Waals surface area contributed by atoms with Crippen molar-refractivity contribution < 1.29 is 22.8 Å². The lowest BCUT2D eigenvalue weighted by Gasteiger charge is -2.19. The summed E-state index contributed by atoms with van der Waals surface area (Å²) in [7, 11) is 0. The zero-order chi connectivity index (χ0) is 18.2. The first-order valence-corrected chi connectivity index (χ1v) is 8.18. The van der Waals surface area contributed by atoms with Crippen molar-refractivity contribution in [3.05, 3.63) is 64.2 Å². The van der Waals surface area contributed by atoms with Gasteiger partial charge in [0.05, 0.1) is 10.5 Å². The molecule has 0 fully saturated rings. The van der Waals surface area contributed by atoms with Crippen molar-refractivity contribution in [2.24, 2.45) is 0 Å². The number of halogens is 3. The fourth-order valence-corrected chi connectivity index (χ4v) is 2.97. The van der Waals surface area contributed by atoms with Crippen molar-refractivity contribution in [2.45, 2.75) is 6.18 Å². The molecule has 1 aliphatic carbocycles. The van der Waals surface area contributed by atoms with Crippen LogP contribution in [0.2, 0.25) is 0 Å². The summed E-state index contributed by atoms with van der Waals surface area (Å²) in [6.45, 7) is 0. The first-order valence-electron chi connectivity index (χ1n) is 6.96. The Morgan fingerprint density at radius 1 is 1.04 bits per heavy atom. The summed E-state index contributed by atoms with van der Waals surface area (Å²) in [6.07, 6.45) is -0.349. The van der Waals surface area contributed by atoms with E-state index < -0.39 is 23.3 Å². The van der Waals surface area contributed by atoms with Crippen LogP contribution in [0.5, 0.6) is 0 Å². The van der Waals surface area contributed by atoms with Crippen LogP contribution in [0.15, 0.2) is 47.3 Å². The second-order valence-corrected chi connectivity index (χ2v) is 5.84. The molecule has 0 spiro atoms. The van der Waals surface area contributed by atoms with E-state index in [1.807, 2.05) is 0 Å². The Balaban J connectivity index is 2.04. The summed E-state index contributed by atoms with van der Waals surface area (Å²) in [6, 6.07) is 4.38. The van der Waals surface area contributed by atoms with Gasteiger partial charge in [-0.05, 0) is 24.5 Å². The highest BCUT2D eigenvalue weighted by molar-refractivity contribution is 8.03. The van der Waals surface area contributed by atoms with Gasteiger partial charge in [0, 0.05) is 18.1 Å². The zero-order valence-corrected chi connectivity index (χ0v) is 13.5. The van der Waals surface area contributed by atoms with Crippen molar-refractivity contribution in [1.29, 1.82) is 0 Å². The van der Waals surface area contributed by atoms with Crippen LogP contribution >= 0.6 is 11.8 Å². The lowest BCUT2D eigenvalue weighted by Crippen LogP contribution is -2.27. The second kappa shape index (κ2) is 6.32. The highest BCUT2D eigenvalue weighted by Gasteiger charge is 2.35. The Morgan fingerprint density at radius 2 is 1.68 bits per heavy atom. The predicted molar refractivity (Wildman–Crippen MR) is 86.3 cm³/mol. The van der Waals surface area contributed by atoms with Gasteiger partial charge in [0.1, 0.15) is 17.1 Å². The highest BCUT2D eigenvalue weighted by Crippen LogP contribution is 2.33. The van der Waals surface area contributed by atoms with Crippen LogP contribution < -0.4 is 5.32 Å². The molecule has 2 aromatic rings. The molecule has 5 nitrogen and oxygen atoms in total. The molecule has 0 saturated carbocycles. The number of carbonyl (C=O) groups is 2. The Bertz CT molecular complexity index is 909. The quantitative estimate of drug-likeness (QED) is 0.897. The van der Waals surface area contributed by atoms with Crippen molar-refractivity contribution in [1.82, 2.24) is 9.97 Å². The Morgan fingerprint density at radius 3 is 2.28 bits per heavy atom. The number of allylic oxidation sites excluding steroid dienone is 2. The van der Waals surface area contributed by atoms with Gasteiger partial charge in [-0.25, -0.2) is 9.97 Å². The third-order valence-electron chi connectivity index (χ3n) is 3.45. The lowest BCUT2D eigenvalue weighted by atomic mass is 10.0. The molecule has 0 saturated heterocycles. The number of anilines is 1. The van der Waals surface area contributed by atoms with Gasteiger partial charge in [0.25, 0.3) is 0 Å². The minimum absolute atomic E-state index is 0.0462. The van der Waals surface area contributed by atoms with E-state index in [0.29, 0.717) is 0 Å². The fraction of sp³-hybridized carbons (Fsp3) is 0.125. The average Bonchev–Trinajstić information content (AvgIpc) is 2.59. The van der Waals surface area contributed by atoms with E-state index in [1.165, 1.54) is 24.5 Å². The molecule has 9 heteroatoms. The summed E-state index contributed by atoms with van der Waals surface area (Å²) >= 11 is 1.02. The smallest absolute Gasteiger partial charge is 0.351 e. The molecule has 0 bridgehead atoms. The summed E-state index contributed by atoms with van der Waals surface area (Å²) in [5.74, 6) is -1.09. The van der Waals surface area contributed by atoms with Crippen LogP contribution in [0.3, 0.4) is 0 Å². The van der Waals surface area contributed by atoms with E-state index in [4.69, 9.17) is 0 Å². The molecule has 0 amide bonds. The number of rotatable bonds is 3. The SMILES string of the molecule is CSC1=C(Nc2cccc(C(F)(F)F)c2)C(=O)c2nccnc2C1=O. The monoisotopic (exact) mass is 365 g/mol. The first kappa shape index (κ1) is 17.2. The van der Waals surface area contributed by atoms with Gasteiger partial charge in [0.2, 0.25) is 11.6 Å². The van der Waals surface area contributed by atoms with Gasteiger partial charge in [-0.2, -0.15) is 13.2 Å². The van der Waals surface area contributed by atoms with Gasteiger partial charge in [-0.15, -0.1) is 11.8 Å². The molecule has 25 heavy (non-hydrogen) atoms. The third kappa shape index (κ3) is 3.14. The second-order valence-electron chi connectivity index (χ2n) is 5.02. The molecule has 0 unspecified atom stereocenters. The van der Waals surface area contributed by atoms with Crippen LogP contribution in [0, 0.1) is 0 Å². The molecular formula is C16H10F3N3O2S. The van der Waals surface area contributed by atoms with Crippen LogP contribution in [0.25, 0.3) is 0 Å². The normalized spacial score (nSPS) is 14.6. The zero-order valence-electron chi connectivity index (χ0n) is 12.7. The molecule has 1 aliphatic rings. The van der Waals surface area contributed by atoms with E-state index in [-0.39, 0.29) is 27.7 Å². The molecule has 0 radical (unpaired) electrons. The minimum atomic E-state index is -4.52. The fourth-order valence-electron chi connectivity index (χ4n) is 2.34. The Labute approximate surface area is 144 Å². The van der Waals surface area contributed by atoms with Gasteiger partial charge >= 0.3 is 6.18 Å². The maximum atomic E-state index is 12.8. The van der Waals surface area contributed by atoms with Crippen LogP contribution in [0.1, 0.15) is 26.5 Å². The Hall–Kier alpha value is -2.68. The standard InChI is InChI=1S/C16H10F3N3O2S/c1-25-15-12(13(23)10-11(14(15)24)21-6-5-20-10)22-9-4-2-3-8(7-9)16(17,18)19/h2-7,22H,1H3. The number of Topliss-reactive ketones (excluding diaryl/α,β-unsaturated/α-hetero) is 2. The van der Waals surface area contributed by atoms with Crippen LogP contribution in [0.4, 0.5) is 18.9 Å². The maximum absolute atomic E-state index is 12.8. The van der Waals surface area contributed by atoms with Crippen molar-refractivity contribution in [3.63, 3.8) is 0 Å². The van der Waals surface area contributed by atoms with Crippen LogP contribution in [-0.4, -0.2) is 27.8 Å². The van der Waals surface area contributed by atoms with E-state index in [2.05, 4.69) is 15.3 Å². The van der Waals surface area contributed by atoms with E-state index in [1.54, 1.807) is 6.26 Å². The average molecular weight is 365 g/mol. The number of fused-ring (bicyclic) bond motifs is 1. The molecule has 1 heterocycles. The van der Waals surface area contributed by atoms with E-state index in [0.717, 1.165) is 23.9 Å². The number of ketones is 2. The van der Waals surface area contributed by atoms with Gasteiger partial charge < -0.3 is 5.32 Å². The summed E-state index contributed by atoms with van der Waals surface area (Å²) in [5, 5.41) is 2.64. The number of benzene rings is 1. The van der Waals surface area contributed by atoms with E-state index >= 15 is 0 Å². The molecule has 0 aliphatic heterocycles. The predicted octanol–water partition coefficient (Wildman–Crippen LogP) is 3.56. The largest absolute Gasteiger partial charge is 0.416 e. The number of hydrogen-bond donors (Lipinski definition) is 1. The number of carbonyl (C=O) groups excluding carboxylic acids is 2. The number of nitrogens with zero attached hydrogens (tertiary/aromatic N) is 2. The molecule has 1 aromatic heterocycles. The summed E-state index contributed by atoms with van der Waals surface area (Å²) in [5.41, 5.74) is -1.11. The summed E-state index contributed by atoms with van der Waals surface area (Å²) < 4.78 is 38.5. The molecular weight excluding hydrogens is 355 g/mol. The van der Waals surface area contributed by atoms with Gasteiger partial charge in [-0.3, -0.25) is 9.59 Å². The van der Waals surface area contributed by atoms with Gasteiger partial charge in [0.15, 0.2) is 0 Å². The van der Waals surface area contributed by atoms with Gasteiger partial charge in [-0.1, -0.05) is 6.07 Å². The minimum Gasteiger partial charge on any atom is -0.351 e. The number of aromatic nitrogens is 2. The molecule has 1 N–H and O–H groups in total. The number of hydrogen-bond acceptors (Lipinski definition) is 6. The highest BCUT2D eigenvalue weighted by atomic mass is 32.2. The first-order chi connectivity index (χ1) is 11.8.